The number of para-hydroxylation sites is 1. The zero-order valence-corrected chi connectivity index (χ0v) is 12.9. The van der Waals surface area contributed by atoms with Gasteiger partial charge in [0, 0.05) is 36.9 Å². The molecule has 1 aliphatic rings. The number of likely N-dealkylation sites (tertiary alicyclic amines) is 1. The highest BCUT2D eigenvalue weighted by molar-refractivity contribution is 5.92. The molecule has 1 aromatic carbocycles. The van der Waals surface area contributed by atoms with E-state index in [-0.39, 0.29) is 24.0 Å². The average molecular weight is 312 g/mol. The maximum atomic E-state index is 12.3. The zero-order chi connectivity index (χ0) is 16.2. The van der Waals surface area contributed by atoms with Gasteiger partial charge in [-0.25, -0.2) is 0 Å². The number of hydrogen-bond acceptors (Lipinski definition) is 3. The number of benzene rings is 1. The van der Waals surface area contributed by atoms with Crippen LogP contribution in [0.3, 0.4) is 0 Å². The van der Waals surface area contributed by atoms with Crippen LogP contribution < -0.4 is 5.56 Å². The molecule has 2 heterocycles. The van der Waals surface area contributed by atoms with Crippen molar-refractivity contribution in [2.75, 3.05) is 19.7 Å². The largest absolute Gasteiger partial charge is 0.396 e. The Hall–Kier alpha value is -2.40. The third-order valence-electron chi connectivity index (χ3n) is 4.28. The molecule has 1 atom stereocenters. The van der Waals surface area contributed by atoms with Crippen molar-refractivity contribution in [1.82, 2.24) is 9.88 Å². The minimum absolute atomic E-state index is 0.109. The lowest BCUT2D eigenvalue weighted by Crippen LogP contribution is -2.40. The fourth-order valence-corrected chi connectivity index (χ4v) is 2.97. The minimum Gasteiger partial charge on any atom is -0.396 e. The van der Waals surface area contributed by atoms with Crippen molar-refractivity contribution in [3.05, 3.63) is 52.3 Å². The van der Waals surface area contributed by atoms with E-state index < -0.39 is 0 Å². The second-order valence-electron chi connectivity index (χ2n) is 5.95. The third-order valence-corrected chi connectivity index (χ3v) is 4.28. The lowest BCUT2D eigenvalue weighted by molar-refractivity contribution is -0.127. The molecule has 1 saturated heterocycles. The molecule has 0 spiro atoms. The minimum atomic E-state index is -0.209. The van der Waals surface area contributed by atoms with Crippen LogP contribution in [-0.2, 0) is 4.79 Å². The summed E-state index contributed by atoms with van der Waals surface area (Å²) in [5, 5.41) is 10.2. The lowest BCUT2D eigenvalue weighted by atomic mass is 9.99. The summed E-state index contributed by atoms with van der Waals surface area (Å²) in [4.78, 5) is 28.9. The number of carbonyl (C=O) groups excluding carboxylic acids is 1. The first-order chi connectivity index (χ1) is 11.2. The third kappa shape index (κ3) is 3.51. The second-order valence-corrected chi connectivity index (χ2v) is 5.95. The molecule has 0 aliphatic carbocycles. The predicted octanol–water partition coefficient (Wildman–Crippen LogP) is 1.77. The Morgan fingerprint density at radius 3 is 3.04 bits per heavy atom. The summed E-state index contributed by atoms with van der Waals surface area (Å²) >= 11 is 0. The summed E-state index contributed by atoms with van der Waals surface area (Å²) in [6, 6.07) is 9.32. The molecule has 1 unspecified atom stereocenters. The van der Waals surface area contributed by atoms with E-state index in [1.165, 1.54) is 6.08 Å². The predicted molar refractivity (Wildman–Crippen MR) is 90.0 cm³/mol. The van der Waals surface area contributed by atoms with Crippen molar-refractivity contribution in [1.29, 1.82) is 0 Å². The number of aliphatic hydroxyl groups is 1. The van der Waals surface area contributed by atoms with Gasteiger partial charge in [0.1, 0.15) is 0 Å². The Kier molecular flexibility index (Phi) is 4.57. The Bertz CT molecular complexity index is 794. The number of pyridine rings is 1. The van der Waals surface area contributed by atoms with Crippen LogP contribution in [0.15, 0.2) is 41.2 Å². The van der Waals surface area contributed by atoms with Gasteiger partial charge in [-0.05, 0) is 42.4 Å². The molecule has 1 aliphatic heterocycles. The van der Waals surface area contributed by atoms with Gasteiger partial charge >= 0.3 is 0 Å². The standard InChI is InChI=1S/C18H20N2O3/c21-12-13-4-3-9-20(11-13)17(22)8-7-15-10-14-5-1-2-6-16(14)19-18(15)23/h1-2,5-8,10,13,21H,3-4,9,11-12H2,(H,19,23)/b8-7+. The highest BCUT2D eigenvalue weighted by Crippen LogP contribution is 2.16. The number of amides is 1. The molecule has 5 nitrogen and oxygen atoms in total. The van der Waals surface area contributed by atoms with Gasteiger partial charge in [-0.1, -0.05) is 18.2 Å². The number of aromatic nitrogens is 1. The van der Waals surface area contributed by atoms with Crippen LogP contribution in [0.1, 0.15) is 18.4 Å². The Balaban J connectivity index is 1.78. The van der Waals surface area contributed by atoms with E-state index in [0.29, 0.717) is 18.7 Å². The summed E-state index contributed by atoms with van der Waals surface area (Å²) in [5.74, 6) is 0.0425. The van der Waals surface area contributed by atoms with Crippen LogP contribution in [0.2, 0.25) is 0 Å². The molecular formula is C18H20N2O3. The number of H-pyrrole nitrogens is 1. The first-order valence-electron chi connectivity index (χ1n) is 7.87. The Labute approximate surface area is 134 Å². The van der Waals surface area contributed by atoms with Crippen molar-refractivity contribution in [2.24, 2.45) is 5.92 Å². The van der Waals surface area contributed by atoms with Gasteiger partial charge in [-0.2, -0.15) is 0 Å². The highest BCUT2D eigenvalue weighted by atomic mass is 16.3. The van der Waals surface area contributed by atoms with Crippen LogP contribution in [0.25, 0.3) is 17.0 Å². The molecule has 1 aromatic heterocycles. The second kappa shape index (κ2) is 6.79. The number of rotatable bonds is 3. The number of nitrogens with zero attached hydrogens (tertiary/aromatic N) is 1. The van der Waals surface area contributed by atoms with E-state index >= 15 is 0 Å². The normalized spacial score (nSPS) is 18.7. The molecule has 1 amide bonds. The van der Waals surface area contributed by atoms with E-state index in [2.05, 4.69) is 4.98 Å². The fraction of sp³-hybridized carbons (Fsp3) is 0.333. The number of hydrogen-bond donors (Lipinski definition) is 2. The van der Waals surface area contributed by atoms with Crippen molar-refractivity contribution < 1.29 is 9.90 Å². The molecular weight excluding hydrogens is 292 g/mol. The van der Waals surface area contributed by atoms with E-state index in [9.17, 15) is 14.7 Å². The molecule has 5 heteroatoms. The molecule has 120 valence electrons. The molecule has 0 radical (unpaired) electrons. The van der Waals surface area contributed by atoms with E-state index in [0.717, 1.165) is 23.7 Å². The SMILES string of the molecule is O=C(/C=C/c1cc2ccccc2[nH]c1=O)N1CCCC(CO)C1. The summed E-state index contributed by atoms with van der Waals surface area (Å²) in [6.45, 7) is 1.39. The van der Waals surface area contributed by atoms with E-state index in [4.69, 9.17) is 0 Å². The van der Waals surface area contributed by atoms with Crippen molar-refractivity contribution in [2.45, 2.75) is 12.8 Å². The number of carbonyl (C=O) groups is 1. The van der Waals surface area contributed by atoms with Crippen molar-refractivity contribution >= 4 is 22.9 Å². The van der Waals surface area contributed by atoms with E-state index in [1.807, 2.05) is 24.3 Å². The summed E-state index contributed by atoms with van der Waals surface area (Å²) < 4.78 is 0. The fourth-order valence-electron chi connectivity index (χ4n) is 2.97. The topological polar surface area (TPSA) is 73.4 Å². The quantitative estimate of drug-likeness (QED) is 0.848. The Morgan fingerprint density at radius 1 is 1.39 bits per heavy atom. The van der Waals surface area contributed by atoms with Crippen molar-refractivity contribution in [3.63, 3.8) is 0 Å². The van der Waals surface area contributed by atoms with Crippen LogP contribution in [0, 0.1) is 5.92 Å². The van der Waals surface area contributed by atoms with Crippen molar-refractivity contribution in [3.8, 4) is 0 Å². The summed E-state index contributed by atoms with van der Waals surface area (Å²) in [6.07, 6.45) is 4.87. The number of piperidine rings is 1. The smallest absolute Gasteiger partial charge is 0.255 e. The summed E-state index contributed by atoms with van der Waals surface area (Å²) in [5.41, 5.74) is 1.04. The van der Waals surface area contributed by atoms with Gasteiger partial charge in [0.25, 0.3) is 5.56 Å². The van der Waals surface area contributed by atoms with Gasteiger partial charge in [-0.15, -0.1) is 0 Å². The number of nitrogens with one attached hydrogen (secondary N) is 1. The maximum Gasteiger partial charge on any atom is 0.255 e. The molecule has 2 N–H and O–H groups in total. The van der Waals surface area contributed by atoms with Gasteiger partial charge in [0.15, 0.2) is 0 Å². The monoisotopic (exact) mass is 312 g/mol. The maximum absolute atomic E-state index is 12.3. The molecule has 0 bridgehead atoms. The number of fused-ring (bicyclic) bond motifs is 1. The summed E-state index contributed by atoms with van der Waals surface area (Å²) in [7, 11) is 0. The highest BCUT2D eigenvalue weighted by Gasteiger charge is 2.21. The van der Waals surface area contributed by atoms with Crippen LogP contribution >= 0.6 is 0 Å². The molecule has 3 rings (SSSR count). The van der Waals surface area contributed by atoms with Gasteiger partial charge in [0.2, 0.25) is 5.91 Å². The van der Waals surface area contributed by atoms with Crippen LogP contribution in [-0.4, -0.2) is 40.6 Å². The zero-order valence-electron chi connectivity index (χ0n) is 12.9. The molecule has 2 aromatic rings. The molecule has 23 heavy (non-hydrogen) atoms. The number of aromatic amines is 1. The Morgan fingerprint density at radius 2 is 2.22 bits per heavy atom. The van der Waals surface area contributed by atoms with Gasteiger partial charge in [-0.3, -0.25) is 9.59 Å². The number of aliphatic hydroxyl groups excluding tert-OH is 1. The molecule has 0 saturated carbocycles. The lowest BCUT2D eigenvalue weighted by Gasteiger charge is -2.31. The van der Waals surface area contributed by atoms with Crippen LogP contribution in [0.4, 0.5) is 0 Å². The first kappa shape index (κ1) is 15.5. The van der Waals surface area contributed by atoms with Gasteiger partial charge in [0.05, 0.1) is 0 Å². The first-order valence-corrected chi connectivity index (χ1v) is 7.87. The molecule has 1 fully saturated rings. The van der Waals surface area contributed by atoms with E-state index in [1.54, 1.807) is 17.0 Å². The van der Waals surface area contributed by atoms with Gasteiger partial charge < -0.3 is 15.0 Å². The van der Waals surface area contributed by atoms with Crippen LogP contribution in [0.5, 0.6) is 0 Å². The average Bonchev–Trinajstić information content (AvgIpc) is 2.59.